The van der Waals surface area contributed by atoms with Crippen LogP contribution in [0.3, 0.4) is 0 Å². The van der Waals surface area contributed by atoms with E-state index in [2.05, 4.69) is 5.32 Å². The number of hydrogen-bond donors (Lipinski definition) is 1. The summed E-state index contributed by atoms with van der Waals surface area (Å²) in [6.07, 6.45) is 1.92. The monoisotopic (exact) mass is 454 g/mol. The van der Waals surface area contributed by atoms with Gasteiger partial charge in [0.1, 0.15) is 0 Å². The van der Waals surface area contributed by atoms with Crippen LogP contribution in [0.2, 0.25) is 0 Å². The number of hydrogen-bond acceptors (Lipinski definition) is 5. The van der Waals surface area contributed by atoms with Crippen molar-refractivity contribution in [1.82, 2.24) is 0 Å². The maximum absolute atomic E-state index is 12.9. The molecular weight excluding hydrogens is 432 g/mol. The average molecular weight is 455 g/mol. The summed E-state index contributed by atoms with van der Waals surface area (Å²) in [6.45, 7) is 1.46. The number of ketones is 1. The third kappa shape index (κ3) is 5.15. The lowest BCUT2D eigenvalue weighted by atomic mass is 10.1. The van der Waals surface area contributed by atoms with Crippen molar-refractivity contribution < 1.29 is 18.0 Å². The molecule has 0 bridgehead atoms. The predicted molar refractivity (Wildman–Crippen MR) is 125 cm³/mol. The number of carbonyl (C=O) groups excluding carboxylic acids is 2. The Kier molecular flexibility index (Phi) is 6.82. The highest BCUT2D eigenvalue weighted by Gasteiger charge is 2.21. The molecule has 0 aromatic heterocycles. The molecule has 6 nitrogen and oxygen atoms in total. The van der Waals surface area contributed by atoms with E-state index >= 15 is 0 Å². The Balaban J connectivity index is 1.76. The van der Waals surface area contributed by atoms with Crippen LogP contribution in [0, 0.1) is 0 Å². The molecule has 0 aliphatic rings. The number of sulfonamides is 1. The number of thioether (sulfide) groups is 1. The van der Waals surface area contributed by atoms with Crippen molar-refractivity contribution in [1.29, 1.82) is 0 Å². The summed E-state index contributed by atoms with van der Waals surface area (Å²) in [5, 5.41) is 2.74. The van der Waals surface area contributed by atoms with Crippen LogP contribution in [0.1, 0.15) is 27.6 Å². The van der Waals surface area contributed by atoms with Gasteiger partial charge in [-0.05, 0) is 73.8 Å². The van der Waals surface area contributed by atoms with Gasteiger partial charge < -0.3 is 5.32 Å². The zero-order valence-corrected chi connectivity index (χ0v) is 19.0. The second-order valence-electron chi connectivity index (χ2n) is 6.79. The molecule has 0 radical (unpaired) electrons. The van der Waals surface area contributed by atoms with Crippen LogP contribution in [0.5, 0.6) is 0 Å². The molecule has 0 spiro atoms. The second-order valence-corrected chi connectivity index (χ2v) is 9.63. The van der Waals surface area contributed by atoms with E-state index in [1.165, 1.54) is 30.0 Å². The molecule has 0 saturated heterocycles. The fourth-order valence-electron chi connectivity index (χ4n) is 2.89. The highest BCUT2D eigenvalue weighted by atomic mass is 32.2. The number of nitrogens with zero attached hydrogens (tertiary/aromatic N) is 1. The molecule has 0 atom stereocenters. The Morgan fingerprint density at radius 3 is 2.13 bits per heavy atom. The van der Waals surface area contributed by atoms with E-state index in [0.717, 1.165) is 4.90 Å². The van der Waals surface area contributed by atoms with Crippen molar-refractivity contribution in [3.8, 4) is 0 Å². The minimum atomic E-state index is -3.72. The second kappa shape index (κ2) is 9.36. The van der Waals surface area contributed by atoms with Crippen LogP contribution in [0.25, 0.3) is 0 Å². The molecule has 1 amide bonds. The van der Waals surface area contributed by atoms with E-state index in [1.54, 1.807) is 72.8 Å². The molecular formula is C23H22N2O4S2. The minimum Gasteiger partial charge on any atom is -0.322 e. The van der Waals surface area contributed by atoms with Crippen molar-refractivity contribution in [2.24, 2.45) is 0 Å². The number of carbonyl (C=O) groups is 2. The highest BCUT2D eigenvalue weighted by molar-refractivity contribution is 7.98. The molecule has 0 heterocycles. The van der Waals surface area contributed by atoms with E-state index in [0.29, 0.717) is 22.5 Å². The molecule has 8 heteroatoms. The van der Waals surface area contributed by atoms with Gasteiger partial charge in [-0.2, -0.15) is 0 Å². The van der Waals surface area contributed by atoms with E-state index in [4.69, 9.17) is 0 Å². The lowest BCUT2D eigenvalue weighted by Crippen LogP contribution is -2.26. The summed E-state index contributed by atoms with van der Waals surface area (Å²) in [7, 11) is -2.25. The first-order valence-corrected chi connectivity index (χ1v) is 12.0. The Morgan fingerprint density at radius 1 is 0.903 bits per heavy atom. The summed E-state index contributed by atoms with van der Waals surface area (Å²) >= 11 is 1.54. The van der Waals surface area contributed by atoms with E-state index in [-0.39, 0.29) is 16.6 Å². The highest BCUT2D eigenvalue weighted by Crippen LogP contribution is 2.24. The number of nitrogens with one attached hydrogen (secondary N) is 1. The van der Waals surface area contributed by atoms with Crippen molar-refractivity contribution in [2.75, 3.05) is 22.9 Å². The molecule has 31 heavy (non-hydrogen) atoms. The molecule has 160 valence electrons. The lowest BCUT2D eigenvalue weighted by molar-refractivity contribution is 0.101. The molecule has 0 aliphatic heterocycles. The summed E-state index contributed by atoms with van der Waals surface area (Å²) in [6, 6.07) is 19.6. The van der Waals surface area contributed by atoms with Gasteiger partial charge in [0.2, 0.25) is 0 Å². The maximum atomic E-state index is 12.9. The molecule has 3 rings (SSSR count). The summed E-state index contributed by atoms with van der Waals surface area (Å²) in [5.41, 5.74) is 1.82. The molecule has 0 saturated carbocycles. The van der Waals surface area contributed by atoms with Gasteiger partial charge in [-0.15, -0.1) is 11.8 Å². The zero-order chi connectivity index (χ0) is 22.6. The summed E-state index contributed by atoms with van der Waals surface area (Å²) in [5.74, 6) is -0.446. The first-order valence-electron chi connectivity index (χ1n) is 9.38. The molecule has 3 aromatic carbocycles. The minimum absolute atomic E-state index is 0.0900. The van der Waals surface area contributed by atoms with Gasteiger partial charge in [-0.25, -0.2) is 8.42 Å². The van der Waals surface area contributed by atoms with E-state index in [9.17, 15) is 18.0 Å². The van der Waals surface area contributed by atoms with Crippen molar-refractivity contribution in [3.05, 3.63) is 83.9 Å². The average Bonchev–Trinajstić information content (AvgIpc) is 2.78. The van der Waals surface area contributed by atoms with Gasteiger partial charge in [0, 0.05) is 28.8 Å². The summed E-state index contributed by atoms with van der Waals surface area (Å²) < 4.78 is 27.0. The van der Waals surface area contributed by atoms with Gasteiger partial charge in [-0.1, -0.05) is 12.1 Å². The van der Waals surface area contributed by atoms with Crippen LogP contribution in [-0.4, -0.2) is 33.4 Å². The predicted octanol–water partition coefficient (Wildman–Crippen LogP) is 4.69. The molecule has 0 unspecified atom stereocenters. The molecule has 3 aromatic rings. The summed E-state index contributed by atoms with van der Waals surface area (Å²) in [4.78, 5) is 25.2. The third-order valence-corrected chi connectivity index (χ3v) is 7.28. The van der Waals surface area contributed by atoms with Crippen molar-refractivity contribution in [3.63, 3.8) is 0 Å². The number of benzene rings is 3. The van der Waals surface area contributed by atoms with E-state index < -0.39 is 10.0 Å². The normalized spacial score (nSPS) is 11.1. The van der Waals surface area contributed by atoms with Gasteiger partial charge in [0.15, 0.2) is 5.78 Å². The van der Waals surface area contributed by atoms with Crippen LogP contribution < -0.4 is 9.62 Å². The molecule has 0 aliphatic carbocycles. The number of Topliss-reactive ketones (excluding diaryl/α,β-unsaturated/α-hetero) is 1. The van der Waals surface area contributed by atoms with Crippen LogP contribution in [0.4, 0.5) is 11.4 Å². The van der Waals surface area contributed by atoms with Gasteiger partial charge in [0.25, 0.3) is 15.9 Å². The topological polar surface area (TPSA) is 83.6 Å². The fraction of sp³-hybridized carbons (Fsp3) is 0.130. The Morgan fingerprint density at radius 2 is 1.55 bits per heavy atom. The van der Waals surface area contributed by atoms with Gasteiger partial charge in [0.05, 0.1) is 10.6 Å². The van der Waals surface area contributed by atoms with Gasteiger partial charge >= 0.3 is 0 Å². The smallest absolute Gasteiger partial charge is 0.264 e. The van der Waals surface area contributed by atoms with Crippen LogP contribution in [-0.2, 0) is 10.0 Å². The number of anilines is 2. The first-order chi connectivity index (χ1) is 14.7. The molecule has 1 N–H and O–H groups in total. The molecule has 0 fully saturated rings. The quantitative estimate of drug-likeness (QED) is 0.414. The SMILES string of the molecule is CSc1ccc(S(=O)(=O)N(C)c2ccc(C(=O)Nc3cccc(C(C)=O)c3)cc2)cc1. The fourth-order valence-corrected chi connectivity index (χ4v) is 4.49. The standard InChI is InChI=1S/C23H22N2O4S2/c1-16(26)18-5-4-6-19(15-18)24-23(27)17-7-9-20(10-8-17)25(2)31(28,29)22-13-11-21(30-3)12-14-22/h4-15H,1-3H3,(H,24,27). The Labute approximate surface area is 186 Å². The maximum Gasteiger partial charge on any atom is 0.264 e. The van der Waals surface area contributed by atoms with Crippen molar-refractivity contribution >= 4 is 44.9 Å². The first kappa shape index (κ1) is 22.6. The lowest BCUT2D eigenvalue weighted by Gasteiger charge is -2.20. The largest absolute Gasteiger partial charge is 0.322 e. The number of amides is 1. The number of rotatable bonds is 7. The van der Waals surface area contributed by atoms with E-state index in [1.807, 2.05) is 6.26 Å². The van der Waals surface area contributed by atoms with Crippen LogP contribution in [0.15, 0.2) is 82.6 Å². The Bertz CT molecular complexity index is 1210. The van der Waals surface area contributed by atoms with Crippen molar-refractivity contribution in [2.45, 2.75) is 16.7 Å². The Hall–Kier alpha value is -3.10. The zero-order valence-electron chi connectivity index (χ0n) is 17.3. The third-order valence-electron chi connectivity index (χ3n) is 4.74. The van der Waals surface area contributed by atoms with Crippen LogP contribution >= 0.6 is 11.8 Å². The van der Waals surface area contributed by atoms with Gasteiger partial charge in [-0.3, -0.25) is 13.9 Å².